The first-order valence-electron chi connectivity index (χ1n) is 6.33. The number of nitro groups is 1. The van der Waals surface area contributed by atoms with Crippen LogP contribution in [0.25, 0.3) is 0 Å². The van der Waals surface area contributed by atoms with E-state index in [-0.39, 0.29) is 21.9 Å². The van der Waals surface area contributed by atoms with Crippen molar-refractivity contribution in [2.75, 3.05) is 10.6 Å². The third-order valence-corrected chi connectivity index (χ3v) is 3.59. The van der Waals surface area contributed by atoms with Crippen LogP contribution in [0.4, 0.5) is 17.1 Å². The minimum atomic E-state index is -0.895. The van der Waals surface area contributed by atoms with Gasteiger partial charge in [0, 0.05) is 19.1 Å². The van der Waals surface area contributed by atoms with E-state index in [1.807, 2.05) is 0 Å². The predicted molar refractivity (Wildman–Crippen MR) is 84.7 cm³/mol. The molecule has 0 unspecified atom stereocenters. The topological polar surface area (TPSA) is 118 Å². The van der Waals surface area contributed by atoms with Crippen molar-refractivity contribution in [2.24, 2.45) is 0 Å². The van der Waals surface area contributed by atoms with Gasteiger partial charge in [-0.2, -0.15) is 0 Å². The molecule has 2 N–H and O–H groups in total. The summed E-state index contributed by atoms with van der Waals surface area (Å²) < 4.78 is 0. The number of carbonyl (C=O) groups is 3. The Bertz CT molecular complexity index is 786. The van der Waals surface area contributed by atoms with Crippen molar-refractivity contribution >= 4 is 46.0 Å². The maximum Gasteiger partial charge on any atom is 0.297 e. The Hall–Kier alpha value is -3.07. The highest BCUT2D eigenvalue weighted by Crippen LogP contribution is 2.27. The molecule has 2 amide bonds. The van der Waals surface area contributed by atoms with Gasteiger partial charge in [0.2, 0.25) is 5.91 Å². The van der Waals surface area contributed by atoms with E-state index < -0.39 is 22.5 Å². The van der Waals surface area contributed by atoms with Crippen LogP contribution >= 0.6 is 11.3 Å². The Morgan fingerprint density at radius 2 is 1.87 bits per heavy atom. The van der Waals surface area contributed by atoms with Gasteiger partial charge in [-0.3, -0.25) is 24.5 Å². The van der Waals surface area contributed by atoms with Gasteiger partial charge in [0.15, 0.2) is 0 Å². The number of anilines is 2. The van der Waals surface area contributed by atoms with Crippen molar-refractivity contribution < 1.29 is 19.3 Å². The van der Waals surface area contributed by atoms with Crippen molar-refractivity contribution in [3.8, 4) is 0 Å². The summed E-state index contributed by atoms with van der Waals surface area (Å²) in [6, 6.07) is 6.67. The minimum absolute atomic E-state index is 0.0408. The molecule has 1 aromatic carbocycles. The number of nitro benzene ring substituents is 1. The van der Waals surface area contributed by atoms with Gasteiger partial charge in [0.1, 0.15) is 0 Å². The summed E-state index contributed by atoms with van der Waals surface area (Å²) in [7, 11) is 0. The lowest BCUT2D eigenvalue weighted by Gasteiger charge is -2.10. The lowest BCUT2D eigenvalue weighted by molar-refractivity contribution is -0.384. The molecule has 0 radical (unpaired) electrons. The van der Waals surface area contributed by atoms with E-state index in [4.69, 9.17) is 0 Å². The van der Waals surface area contributed by atoms with Crippen LogP contribution in [-0.4, -0.2) is 22.5 Å². The monoisotopic (exact) mass is 333 g/mol. The highest BCUT2D eigenvalue weighted by molar-refractivity contribution is 7.13. The molecule has 118 valence electrons. The van der Waals surface area contributed by atoms with E-state index in [1.165, 1.54) is 19.1 Å². The number of thiophene rings is 1. The molecule has 0 spiro atoms. The third kappa shape index (κ3) is 3.98. The third-order valence-electron chi connectivity index (χ3n) is 2.72. The molecule has 9 heteroatoms. The molecule has 1 aromatic heterocycles. The standard InChI is InChI=1S/C14H11N3O5S/c1-8(18)15-11-7-9(17(21)22)4-5-10(11)16-14(20)13(19)12-3-2-6-23-12/h2-7H,1H3,(H,15,18)(H,16,20). The summed E-state index contributed by atoms with van der Waals surface area (Å²) in [5.41, 5.74) is -0.115. The van der Waals surface area contributed by atoms with E-state index >= 15 is 0 Å². The second-order valence-electron chi connectivity index (χ2n) is 4.43. The number of benzene rings is 1. The summed E-state index contributed by atoms with van der Waals surface area (Å²) in [6.07, 6.45) is 0. The molecule has 0 saturated heterocycles. The van der Waals surface area contributed by atoms with Crippen LogP contribution in [-0.2, 0) is 9.59 Å². The molecule has 0 atom stereocenters. The number of nitrogens with one attached hydrogen (secondary N) is 2. The number of non-ortho nitro benzene ring substituents is 1. The van der Waals surface area contributed by atoms with E-state index in [2.05, 4.69) is 10.6 Å². The van der Waals surface area contributed by atoms with Crippen LogP contribution in [0.5, 0.6) is 0 Å². The number of ketones is 1. The molecule has 2 rings (SSSR count). The molecule has 2 aromatic rings. The van der Waals surface area contributed by atoms with Crippen molar-refractivity contribution in [1.29, 1.82) is 0 Å². The van der Waals surface area contributed by atoms with Gasteiger partial charge < -0.3 is 10.6 Å². The summed E-state index contributed by atoms with van der Waals surface area (Å²) in [4.78, 5) is 45.5. The lowest BCUT2D eigenvalue weighted by atomic mass is 10.2. The van der Waals surface area contributed by atoms with Gasteiger partial charge in [0.25, 0.3) is 17.4 Å². The van der Waals surface area contributed by atoms with Crippen LogP contribution < -0.4 is 10.6 Å². The molecular formula is C14H11N3O5S. The number of rotatable bonds is 5. The van der Waals surface area contributed by atoms with Crippen LogP contribution in [0.1, 0.15) is 16.6 Å². The van der Waals surface area contributed by atoms with Crippen LogP contribution in [0, 0.1) is 10.1 Å². The molecule has 0 aliphatic carbocycles. The number of amides is 2. The summed E-state index contributed by atoms with van der Waals surface area (Å²) >= 11 is 1.12. The Morgan fingerprint density at radius 3 is 2.43 bits per heavy atom. The zero-order valence-electron chi connectivity index (χ0n) is 11.9. The summed E-state index contributed by atoms with van der Waals surface area (Å²) in [6.45, 7) is 1.22. The molecule has 8 nitrogen and oxygen atoms in total. The molecular weight excluding hydrogens is 322 g/mol. The molecule has 0 bridgehead atoms. The van der Waals surface area contributed by atoms with Gasteiger partial charge in [0.05, 0.1) is 21.2 Å². The fourth-order valence-electron chi connectivity index (χ4n) is 1.75. The Balaban J connectivity index is 2.27. The largest absolute Gasteiger partial charge is 0.324 e. The molecule has 0 aliphatic heterocycles. The SMILES string of the molecule is CC(=O)Nc1cc([N+](=O)[O-])ccc1NC(=O)C(=O)c1cccs1. The smallest absolute Gasteiger partial charge is 0.297 e. The molecule has 0 fully saturated rings. The van der Waals surface area contributed by atoms with Gasteiger partial charge >= 0.3 is 0 Å². The highest BCUT2D eigenvalue weighted by Gasteiger charge is 2.20. The van der Waals surface area contributed by atoms with E-state index in [0.717, 1.165) is 23.5 Å². The second kappa shape index (κ2) is 6.79. The first-order chi connectivity index (χ1) is 10.9. The number of hydrogen-bond acceptors (Lipinski definition) is 6. The average Bonchev–Trinajstić information content (AvgIpc) is 3.01. The van der Waals surface area contributed by atoms with Gasteiger partial charge in [-0.1, -0.05) is 6.07 Å². The minimum Gasteiger partial charge on any atom is -0.324 e. The summed E-state index contributed by atoms with van der Waals surface area (Å²) in [5, 5.41) is 17.2. The zero-order valence-corrected chi connectivity index (χ0v) is 12.7. The lowest BCUT2D eigenvalue weighted by Crippen LogP contribution is -2.23. The van der Waals surface area contributed by atoms with Crippen LogP contribution in [0.15, 0.2) is 35.7 Å². The Kier molecular flexibility index (Phi) is 4.82. The molecule has 1 heterocycles. The Labute approximate surface area is 134 Å². The second-order valence-corrected chi connectivity index (χ2v) is 5.38. The van der Waals surface area contributed by atoms with Crippen LogP contribution in [0.2, 0.25) is 0 Å². The van der Waals surface area contributed by atoms with Gasteiger partial charge in [-0.25, -0.2) is 0 Å². The van der Waals surface area contributed by atoms with Crippen molar-refractivity contribution in [1.82, 2.24) is 0 Å². The van der Waals surface area contributed by atoms with Crippen molar-refractivity contribution in [2.45, 2.75) is 6.92 Å². The van der Waals surface area contributed by atoms with E-state index in [9.17, 15) is 24.5 Å². The number of nitrogens with zero attached hydrogens (tertiary/aromatic N) is 1. The van der Waals surface area contributed by atoms with E-state index in [1.54, 1.807) is 11.4 Å². The van der Waals surface area contributed by atoms with E-state index in [0.29, 0.717) is 0 Å². The first-order valence-corrected chi connectivity index (χ1v) is 7.21. The summed E-state index contributed by atoms with van der Waals surface area (Å²) in [5.74, 6) is -2.09. The fourth-order valence-corrected chi connectivity index (χ4v) is 2.41. The first kappa shape index (κ1) is 16.3. The molecule has 0 aliphatic rings. The normalized spacial score (nSPS) is 9.96. The quantitative estimate of drug-likeness (QED) is 0.377. The average molecular weight is 333 g/mol. The fraction of sp³-hybridized carbons (Fsp3) is 0.0714. The highest BCUT2D eigenvalue weighted by atomic mass is 32.1. The van der Waals surface area contributed by atoms with Crippen molar-refractivity contribution in [3.05, 3.63) is 50.7 Å². The van der Waals surface area contributed by atoms with Crippen molar-refractivity contribution in [3.63, 3.8) is 0 Å². The van der Waals surface area contributed by atoms with Gasteiger partial charge in [-0.15, -0.1) is 11.3 Å². The van der Waals surface area contributed by atoms with Gasteiger partial charge in [-0.05, 0) is 17.5 Å². The maximum atomic E-state index is 12.0. The number of hydrogen-bond donors (Lipinski definition) is 2. The molecule has 0 saturated carbocycles. The number of Topliss-reactive ketones (excluding diaryl/α,β-unsaturated/α-hetero) is 1. The zero-order chi connectivity index (χ0) is 17.0. The predicted octanol–water partition coefficient (Wildman–Crippen LogP) is 2.44. The van der Waals surface area contributed by atoms with Crippen LogP contribution in [0.3, 0.4) is 0 Å². The molecule has 23 heavy (non-hydrogen) atoms. The number of carbonyl (C=O) groups excluding carboxylic acids is 3. The Morgan fingerprint density at radius 1 is 1.13 bits per heavy atom. The maximum absolute atomic E-state index is 12.0.